The number of hydrogen-bond donors (Lipinski definition) is 1. The number of likely N-dealkylation sites (tertiary alicyclic amines) is 1. The SMILES string of the molecule is Cn1cc(/C=C/C(=O)N2CCCC(Cc3cccc(Nc4ccccn4)n3)C2)cn1. The molecule has 1 aliphatic heterocycles. The summed E-state index contributed by atoms with van der Waals surface area (Å²) in [6.45, 7) is 1.57. The molecule has 0 aliphatic carbocycles. The Morgan fingerprint density at radius 1 is 1.23 bits per heavy atom. The monoisotopic (exact) mass is 402 g/mol. The largest absolute Gasteiger partial charge is 0.339 e. The Morgan fingerprint density at radius 3 is 2.93 bits per heavy atom. The predicted octanol–water partition coefficient (Wildman–Crippen LogP) is 3.45. The van der Waals surface area contributed by atoms with Gasteiger partial charge in [0.15, 0.2) is 0 Å². The fourth-order valence-electron chi connectivity index (χ4n) is 3.76. The maximum Gasteiger partial charge on any atom is 0.246 e. The van der Waals surface area contributed by atoms with E-state index in [1.165, 1.54) is 0 Å². The number of nitrogens with zero attached hydrogens (tertiary/aromatic N) is 5. The number of carbonyl (C=O) groups is 1. The van der Waals surface area contributed by atoms with Crippen LogP contribution in [0, 0.1) is 5.92 Å². The molecule has 4 rings (SSSR count). The molecule has 1 fully saturated rings. The van der Waals surface area contributed by atoms with Gasteiger partial charge < -0.3 is 10.2 Å². The summed E-state index contributed by atoms with van der Waals surface area (Å²) < 4.78 is 1.73. The molecule has 30 heavy (non-hydrogen) atoms. The third-order valence-corrected chi connectivity index (χ3v) is 5.20. The molecule has 3 aromatic heterocycles. The van der Waals surface area contributed by atoms with Gasteiger partial charge in [0.1, 0.15) is 11.6 Å². The fourth-order valence-corrected chi connectivity index (χ4v) is 3.76. The Morgan fingerprint density at radius 2 is 2.13 bits per heavy atom. The number of aromatic nitrogens is 4. The molecule has 1 atom stereocenters. The number of rotatable bonds is 6. The molecule has 154 valence electrons. The first kappa shape index (κ1) is 19.8. The van der Waals surface area contributed by atoms with Gasteiger partial charge in [-0.2, -0.15) is 5.10 Å². The van der Waals surface area contributed by atoms with Gasteiger partial charge in [0.2, 0.25) is 5.91 Å². The van der Waals surface area contributed by atoms with Crippen molar-refractivity contribution < 1.29 is 4.79 Å². The second-order valence-electron chi connectivity index (χ2n) is 7.63. The lowest BCUT2D eigenvalue weighted by Crippen LogP contribution is -2.39. The highest BCUT2D eigenvalue weighted by atomic mass is 16.2. The highest BCUT2D eigenvalue weighted by Gasteiger charge is 2.23. The molecule has 4 heterocycles. The molecule has 1 N–H and O–H groups in total. The van der Waals surface area contributed by atoms with E-state index in [4.69, 9.17) is 4.98 Å². The summed E-state index contributed by atoms with van der Waals surface area (Å²) in [6.07, 6.45) is 11.8. The first-order valence-electron chi connectivity index (χ1n) is 10.3. The average Bonchev–Trinajstić information content (AvgIpc) is 3.18. The molecule has 1 amide bonds. The summed E-state index contributed by atoms with van der Waals surface area (Å²) in [5.41, 5.74) is 1.96. The van der Waals surface area contributed by atoms with Gasteiger partial charge in [-0.25, -0.2) is 9.97 Å². The van der Waals surface area contributed by atoms with E-state index in [1.54, 1.807) is 23.2 Å². The van der Waals surface area contributed by atoms with Crippen molar-refractivity contribution >= 4 is 23.6 Å². The zero-order valence-electron chi connectivity index (χ0n) is 17.1. The number of pyridine rings is 2. The molecule has 0 saturated carbocycles. The Bertz CT molecular complexity index is 1010. The summed E-state index contributed by atoms with van der Waals surface area (Å²) in [7, 11) is 1.86. The minimum absolute atomic E-state index is 0.0575. The lowest BCUT2D eigenvalue weighted by molar-refractivity contribution is -0.127. The van der Waals surface area contributed by atoms with Gasteiger partial charge in [0.25, 0.3) is 0 Å². The summed E-state index contributed by atoms with van der Waals surface area (Å²) in [6, 6.07) is 11.7. The summed E-state index contributed by atoms with van der Waals surface area (Å²) in [5, 5.41) is 7.36. The van der Waals surface area contributed by atoms with Crippen LogP contribution in [0.3, 0.4) is 0 Å². The zero-order valence-corrected chi connectivity index (χ0v) is 17.1. The molecule has 1 aliphatic rings. The van der Waals surface area contributed by atoms with Crippen molar-refractivity contribution in [3.63, 3.8) is 0 Å². The van der Waals surface area contributed by atoms with E-state index in [0.29, 0.717) is 5.92 Å². The van der Waals surface area contributed by atoms with Crippen molar-refractivity contribution in [2.24, 2.45) is 13.0 Å². The van der Waals surface area contributed by atoms with Gasteiger partial charge in [-0.1, -0.05) is 12.1 Å². The van der Waals surface area contributed by atoms with Crippen LogP contribution in [0.2, 0.25) is 0 Å². The standard InChI is InChI=1S/C23H26N6O/c1-28-16-19(15-25-28)10-11-23(30)29-13-5-6-18(17-29)14-20-7-4-9-22(26-20)27-21-8-2-3-12-24-21/h2-4,7-12,15-16,18H,5-6,13-14,17H2,1H3,(H,24,26,27)/b11-10+. The van der Waals surface area contributed by atoms with Crippen LogP contribution in [0.15, 0.2) is 61.1 Å². The first-order chi connectivity index (χ1) is 14.7. The Labute approximate surface area is 176 Å². The van der Waals surface area contributed by atoms with Crippen LogP contribution in [0.4, 0.5) is 11.6 Å². The number of carbonyl (C=O) groups excluding carboxylic acids is 1. The Kier molecular flexibility index (Phi) is 6.17. The fraction of sp³-hybridized carbons (Fsp3) is 0.304. The minimum Gasteiger partial charge on any atom is -0.339 e. The third-order valence-electron chi connectivity index (χ3n) is 5.20. The lowest BCUT2D eigenvalue weighted by Gasteiger charge is -2.32. The molecular formula is C23H26N6O. The molecule has 3 aromatic rings. The van der Waals surface area contributed by atoms with Crippen molar-refractivity contribution in [1.29, 1.82) is 0 Å². The molecule has 1 saturated heterocycles. The van der Waals surface area contributed by atoms with Crippen LogP contribution in [-0.2, 0) is 18.3 Å². The van der Waals surface area contributed by atoms with Crippen molar-refractivity contribution in [3.8, 4) is 0 Å². The van der Waals surface area contributed by atoms with E-state index in [0.717, 1.165) is 55.2 Å². The highest BCUT2D eigenvalue weighted by molar-refractivity contribution is 5.91. The lowest BCUT2D eigenvalue weighted by atomic mass is 9.93. The van der Waals surface area contributed by atoms with Crippen LogP contribution in [0.25, 0.3) is 6.08 Å². The number of hydrogen-bond acceptors (Lipinski definition) is 5. The van der Waals surface area contributed by atoms with Crippen LogP contribution < -0.4 is 5.32 Å². The molecule has 0 bridgehead atoms. The van der Waals surface area contributed by atoms with E-state index in [2.05, 4.69) is 15.4 Å². The van der Waals surface area contributed by atoms with E-state index < -0.39 is 0 Å². The number of nitrogens with one attached hydrogen (secondary N) is 1. The molecule has 0 radical (unpaired) electrons. The van der Waals surface area contributed by atoms with Gasteiger partial charge in [-0.15, -0.1) is 0 Å². The van der Waals surface area contributed by atoms with Gasteiger partial charge in [-0.3, -0.25) is 9.48 Å². The van der Waals surface area contributed by atoms with Crippen LogP contribution in [0.1, 0.15) is 24.1 Å². The van der Waals surface area contributed by atoms with E-state index in [-0.39, 0.29) is 5.91 Å². The Hall–Kier alpha value is -3.48. The summed E-state index contributed by atoms with van der Waals surface area (Å²) in [5.74, 6) is 2.03. The zero-order chi connectivity index (χ0) is 20.8. The number of amides is 1. The van der Waals surface area contributed by atoms with Gasteiger partial charge in [0, 0.05) is 49.9 Å². The summed E-state index contributed by atoms with van der Waals surface area (Å²) in [4.78, 5) is 23.6. The first-order valence-corrected chi connectivity index (χ1v) is 10.3. The van der Waals surface area contributed by atoms with E-state index in [1.807, 2.05) is 60.6 Å². The highest BCUT2D eigenvalue weighted by Crippen LogP contribution is 2.22. The molecular weight excluding hydrogens is 376 g/mol. The Balaban J connectivity index is 1.35. The second kappa shape index (κ2) is 9.35. The minimum atomic E-state index is 0.0575. The molecule has 0 aromatic carbocycles. The summed E-state index contributed by atoms with van der Waals surface area (Å²) >= 11 is 0. The van der Waals surface area contributed by atoms with Gasteiger partial charge >= 0.3 is 0 Å². The maximum absolute atomic E-state index is 12.6. The van der Waals surface area contributed by atoms with Crippen LogP contribution >= 0.6 is 0 Å². The number of aryl methyl sites for hydroxylation is 1. The normalized spacial score (nSPS) is 16.7. The van der Waals surface area contributed by atoms with Crippen LogP contribution in [0.5, 0.6) is 0 Å². The van der Waals surface area contributed by atoms with Crippen LogP contribution in [-0.4, -0.2) is 43.6 Å². The average molecular weight is 403 g/mol. The molecule has 7 nitrogen and oxygen atoms in total. The topological polar surface area (TPSA) is 75.9 Å². The van der Waals surface area contributed by atoms with Crippen molar-refractivity contribution in [3.05, 3.63) is 72.3 Å². The van der Waals surface area contributed by atoms with Crippen molar-refractivity contribution in [2.45, 2.75) is 19.3 Å². The van der Waals surface area contributed by atoms with E-state index >= 15 is 0 Å². The van der Waals surface area contributed by atoms with Crippen molar-refractivity contribution in [2.75, 3.05) is 18.4 Å². The van der Waals surface area contributed by atoms with Crippen molar-refractivity contribution in [1.82, 2.24) is 24.6 Å². The maximum atomic E-state index is 12.6. The van der Waals surface area contributed by atoms with Gasteiger partial charge in [0.05, 0.1) is 6.20 Å². The number of piperidine rings is 1. The van der Waals surface area contributed by atoms with E-state index in [9.17, 15) is 4.79 Å². The third kappa shape index (κ3) is 5.31. The molecule has 7 heteroatoms. The molecule has 0 spiro atoms. The molecule has 1 unspecified atom stereocenters. The number of anilines is 2. The quantitative estimate of drug-likeness (QED) is 0.639. The smallest absolute Gasteiger partial charge is 0.246 e. The van der Waals surface area contributed by atoms with Gasteiger partial charge in [-0.05, 0) is 55.5 Å². The predicted molar refractivity (Wildman–Crippen MR) is 117 cm³/mol. The second-order valence-corrected chi connectivity index (χ2v) is 7.63.